The minimum absolute atomic E-state index is 0.0331. The van der Waals surface area contributed by atoms with Gasteiger partial charge in [0.2, 0.25) is 0 Å². The van der Waals surface area contributed by atoms with E-state index in [1.807, 2.05) is 30.3 Å². The van der Waals surface area contributed by atoms with Crippen LogP contribution in [0, 0.1) is 11.7 Å². The van der Waals surface area contributed by atoms with Crippen LogP contribution in [0.4, 0.5) is 4.39 Å². The molecule has 2 aromatic carbocycles. The fraction of sp³-hybridized carbons (Fsp3) is 0.412. The van der Waals surface area contributed by atoms with E-state index in [-0.39, 0.29) is 11.9 Å². The second kappa shape index (κ2) is 5.30. The number of benzene rings is 2. The molecule has 0 amide bonds. The van der Waals surface area contributed by atoms with Crippen LogP contribution in [0.2, 0.25) is 0 Å². The molecule has 0 aliphatic heterocycles. The Hall–Kier alpha value is -1.41. The van der Waals surface area contributed by atoms with E-state index in [4.69, 9.17) is 5.73 Å². The lowest BCUT2D eigenvalue weighted by atomic mass is 9.80. The highest BCUT2D eigenvalue weighted by atomic mass is 19.1. The van der Waals surface area contributed by atoms with Crippen molar-refractivity contribution >= 4 is 10.8 Å². The van der Waals surface area contributed by atoms with Gasteiger partial charge in [-0.1, -0.05) is 49.6 Å². The maximum absolute atomic E-state index is 13.8. The summed E-state index contributed by atoms with van der Waals surface area (Å²) in [5.74, 6) is 0.387. The van der Waals surface area contributed by atoms with Crippen LogP contribution in [0.5, 0.6) is 0 Å². The zero-order valence-electron chi connectivity index (χ0n) is 11.1. The standard InChI is InChI=1S/C17H20FN/c18-16-11-10-15(13-8-4-5-9-14(13)16)17(19)12-6-2-1-3-7-12/h4-5,8-12,17H,1-3,6-7,19H2. The first-order valence-electron chi connectivity index (χ1n) is 7.20. The zero-order valence-corrected chi connectivity index (χ0v) is 11.1. The highest BCUT2D eigenvalue weighted by Gasteiger charge is 2.23. The quantitative estimate of drug-likeness (QED) is 0.838. The molecule has 0 bridgehead atoms. The Balaban J connectivity index is 2.02. The third-order valence-corrected chi connectivity index (χ3v) is 4.42. The summed E-state index contributed by atoms with van der Waals surface area (Å²) < 4.78 is 13.8. The van der Waals surface area contributed by atoms with Crippen molar-refractivity contribution in [2.75, 3.05) is 0 Å². The molecule has 1 aliphatic rings. The molecule has 1 fully saturated rings. The molecule has 1 atom stereocenters. The van der Waals surface area contributed by atoms with E-state index in [0.717, 1.165) is 10.9 Å². The van der Waals surface area contributed by atoms with Crippen molar-refractivity contribution in [2.45, 2.75) is 38.1 Å². The SMILES string of the molecule is NC(c1ccc(F)c2ccccc12)C1CCCCC1. The van der Waals surface area contributed by atoms with Crippen LogP contribution in [0.3, 0.4) is 0 Å². The minimum Gasteiger partial charge on any atom is -0.324 e. The Kier molecular flexibility index (Phi) is 3.52. The summed E-state index contributed by atoms with van der Waals surface area (Å²) in [6, 6.07) is 11.1. The van der Waals surface area contributed by atoms with Gasteiger partial charge in [0.05, 0.1) is 0 Å². The molecule has 100 valence electrons. The molecule has 0 spiro atoms. The van der Waals surface area contributed by atoms with Gasteiger partial charge in [0.15, 0.2) is 0 Å². The highest BCUT2D eigenvalue weighted by Crippen LogP contribution is 2.36. The molecule has 2 N–H and O–H groups in total. The molecule has 3 rings (SSSR count). The Bertz CT molecular complexity index is 572. The van der Waals surface area contributed by atoms with Gasteiger partial charge >= 0.3 is 0 Å². The summed E-state index contributed by atoms with van der Waals surface area (Å²) in [5.41, 5.74) is 7.56. The van der Waals surface area contributed by atoms with Gasteiger partial charge in [-0.25, -0.2) is 4.39 Å². The molecular weight excluding hydrogens is 237 g/mol. The van der Waals surface area contributed by atoms with Crippen molar-refractivity contribution in [3.8, 4) is 0 Å². The van der Waals surface area contributed by atoms with Crippen LogP contribution >= 0.6 is 0 Å². The number of nitrogens with two attached hydrogens (primary N) is 1. The van der Waals surface area contributed by atoms with Gasteiger partial charge in [0.25, 0.3) is 0 Å². The topological polar surface area (TPSA) is 26.0 Å². The monoisotopic (exact) mass is 257 g/mol. The van der Waals surface area contributed by atoms with Crippen molar-refractivity contribution in [2.24, 2.45) is 11.7 Å². The lowest BCUT2D eigenvalue weighted by Gasteiger charge is -2.28. The summed E-state index contributed by atoms with van der Waals surface area (Å²) in [6.07, 6.45) is 6.28. The summed E-state index contributed by atoms with van der Waals surface area (Å²) in [6.45, 7) is 0. The highest BCUT2D eigenvalue weighted by molar-refractivity contribution is 5.86. The molecule has 1 saturated carbocycles. The fourth-order valence-corrected chi connectivity index (χ4v) is 3.32. The number of hydrogen-bond acceptors (Lipinski definition) is 1. The number of hydrogen-bond donors (Lipinski definition) is 1. The van der Waals surface area contributed by atoms with Crippen molar-refractivity contribution < 1.29 is 4.39 Å². The molecule has 0 radical (unpaired) electrons. The molecule has 1 nitrogen and oxygen atoms in total. The average molecular weight is 257 g/mol. The third-order valence-electron chi connectivity index (χ3n) is 4.42. The molecule has 0 saturated heterocycles. The third kappa shape index (κ3) is 2.37. The van der Waals surface area contributed by atoms with Crippen molar-refractivity contribution in [1.82, 2.24) is 0 Å². The van der Waals surface area contributed by atoms with Crippen LogP contribution in [-0.2, 0) is 0 Å². The van der Waals surface area contributed by atoms with Crippen molar-refractivity contribution in [3.63, 3.8) is 0 Å². The summed E-state index contributed by atoms with van der Waals surface area (Å²) >= 11 is 0. The molecule has 0 aromatic heterocycles. The number of fused-ring (bicyclic) bond motifs is 1. The van der Waals surface area contributed by atoms with E-state index in [9.17, 15) is 4.39 Å². The predicted molar refractivity (Wildman–Crippen MR) is 77.4 cm³/mol. The number of rotatable bonds is 2. The van der Waals surface area contributed by atoms with Gasteiger partial charge in [-0.15, -0.1) is 0 Å². The fourth-order valence-electron chi connectivity index (χ4n) is 3.32. The Morgan fingerprint density at radius 3 is 2.37 bits per heavy atom. The second-order valence-electron chi connectivity index (χ2n) is 5.61. The van der Waals surface area contributed by atoms with Gasteiger partial charge in [-0.2, -0.15) is 0 Å². The van der Waals surface area contributed by atoms with E-state index in [1.54, 1.807) is 6.07 Å². The molecule has 1 unspecified atom stereocenters. The van der Waals surface area contributed by atoms with Crippen LogP contribution < -0.4 is 5.73 Å². The summed E-state index contributed by atoms with van der Waals surface area (Å²) in [5, 5.41) is 1.66. The zero-order chi connectivity index (χ0) is 13.2. The predicted octanol–water partition coefficient (Wildman–Crippen LogP) is 4.56. The molecule has 19 heavy (non-hydrogen) atoms. The van der Waals surface area contributed by atoms with E-state index < -0.39 is 0 Å². The van der Waals surface area contributed by atoms with Gasteiger partial charge in [0.1, 0.15) is 5.82 Å². The van der Waals surface area contributed by atoms with Crippen LogP contribution in [0.15, 0.2) is 36.4 Å². The maximum atomic E-state index is 13.8. The maximum Gasteiger partial charge on any atom is 0.131 e. The lowest BCUT2D eigenvalue weighted by molar-refractivity contribution is 0.309. The Labute approximate surface area is 113 Å². The van der Waals surface area contributed by atoms with E-state index in [2.05, 4.69) is 0 Å². The summed E-state index contributed by atoms with van der Waals surface area (Å²) in [7, 11) is 0. The molecular formula is C17H20FN. The van der Waals surface area contributed by atoms with E-state index >= 15 is 0 Å². The lowest BCUT2D eigenvalue weighted by Crippen LogP contribution is -2.23. The molecule has 0 heterocycles. The van der Waals surface area contributed by atoms with Crippen molar-refractivity contribution in [1.29, 1.82) is 0 Å². The van der Waals surface area contributed by atoms with Gasteiger partial charge < -0.3 is 5.73 Å². The largest absolute Gasteiger partial charge is 0.324 e. The first-order valence-corrected chi connectivity index (χ1v) is 7.20. The van der Waals surface area contributed by atoms with Crippen molar-refractivity contribution in [3.05, 3.63) is 47.8 Å². The molecule has 2 aromatic rings. The molecule has 1 aliphatic carbocycles. The van der Waals surface area contributed by atoms with Crippen LogP contribution in [0.1, 0.15) is 43.7 Å². The average Bonchev–Trinajstić information content (AvgIpc) is 2.48. The van der Waals surface area contributed by atoms with Crippen LogP contribution in [0.25, 0.3) is 10.8 Å². The summed E-state index contributed by atoms with van der Waals surface area (Å²) in [4.78, 5) is 0. The first-order chi connectivity index (χ1) is 9.27. The van der Waals surface area contributed by atoms with E-state index in [0.29, 0.717) is 11.3 Å². The Morgan fingerprint density at radius 2 is 1.63 bits per heavy atom. The first kappa shape index (κ1) is 12.6. The Morgan fingerprint density at radius 1 is 0.947 bits per heavy atom. The molecule has 2 heteroatoms. The van der Waals surface area contributed by atoms with Gasteiger partial charge in [-0.3, -0.25) is 0 Å². The van der Waals surface area contributed by atoms with Gasteiger partial charge in [-0.05, 0) is 35.8 Å². The van der Waals surface area contributed by atoms with Crippen LogP contribution in [-0.4, -0.2) is 0 Å². The smallest absolute Gasteiger partial charge is 0.131 e. The van der Waals surface area contributed by atoms with E-state index in [1.165, 1.54) is 32.1 Å². The van der Waals surface area contributed by atoms with Gasteiger partial charge in [0, 0.05) is 11.4 Å². The normalized spacial score (nSPS) is 18.6. The second-order valence-corrected chi connectivity index (χ2v) is 5.61. The number of halogens is 1. The minimum atomic E-state index is -0.157.